The summed E-state index contributed by atoms with van der Waals surface area (Å²) in [6.07, 6.45) is 20.7. The van der Waals surface area contributed by atoms with E-state index in [1.54, 1.807) is 23.1 Å². The van der Waals surface area contributed by atoms with Crippen molar-refractivity contribution in [3.05, 3.63) is 110 Å². The molecule has 3 atom stereocenters. The van der Waals surface area contributed by atoms with Gasteiger partial charge in [-0.15, -0.1) is 6.58 Å². The van der Waals surface area contributed by atoms with Crippen LogP contribution in [0.15, 0.2) is 110 Å². The smallest absolute Gasteiger partial charge is 0.233 e. The van der Waals surface area contributed by atoms with E-state index in [0.29, 0.717) is 12.8 Å². The fraction of sp³-hybridized carbons (Fsp3) is 0.486. The first-order chi connectivity index (χ1) is 18.9. The number of carbonyl (C=O) groups is 1. The third-order valence-corrected chi connectivity index (χ3v) is 4.77. The van der Waals surface area contributed by atoms with Gasteiger partial charge in [0.25, 0.3) is 0 Å². The number of β-lactam (4-membered cyclic amide) rings is 1. The van der Waals surface area contributed by atoms with Crippen molar-refractivity contribution in [2.45, 2.75) is 115 Å². The van der Waals surface area contributed by atoms with E-state index in [1.807, 2.05) is 132 Å². The average Bonchev–Trinajstić information content (AvgIpc) is 2.98. The molecule has 0 aromatic rings. The number of nitrogens with zero attached hydrogens (tertiary/aromatic N) is 1. The minimum Gasteiger partial charge on any atom is -0.388 e. The Morgan fingerprint density at radius 1 is 0.850 bits per heavy atom. The van der Waals surface area contributed by atoms with Crippen LogP contribution in [-0.2, 0) is 4.79 Å². The van der Waals surface area contributed by atoms with Crippen molar-refractivity contribution in [1.82, 2.24) is 4.90 Å². The van der Waals surface area contributed by atoms with E-state index < -0.39 is 6.10 Å². The highest BCUT2D eigenvalue weighted by molar-refractivity contribution is 5.90. The molecule has 0 aliphatic carbocycles. The molecule has 1 aliphatic heterocycles. The summed E-state index contributed by atoms with van der Waals surface area (Å²) < 4.78 is 0. The number of allylic oxidation sites excluding steroid dienone is 9. The van der Waals surface area contributed by atoms with Crippen molar-refractivity contribution in [3.63, 3.8) is 0 Å². The van der Waals surface area contributed by atoms with Gasteiger partial charge in [-0.2, -0.15) is 0 Å². The predicted molar refractivity (Wildman–Crippen MR) is 188 cm³/mol. The molecule has 1 N–H and O–H groups in total. The molecule has 0 saturated carbocycles. The zero-order valence-electron chi connectivity index (χ0n) is 27.6. The maximum Gasteiger partial charge on any atom is 0.233 e. The molecule has 3 nitrogen and oxygen atoms in total. The summed E-state index contributed by atoms with van der Waals surface area (Å²) >= 11 is 0. The van der Waals surface area contributed by atoms with E-state index in [1.165, 1.54) is 0 Å². The first-order valence-corrected chi connectivity index (χ1v) is 14.7. The van der Waals surface area contributed by atoms with Crippen molar-refractivity contribution in [1.29, 1.82) is 0 Å². The standard InChI is InChI=1S/C25H33NO2.C3H6.4C2H6.CH4/c1-7-12-15-20(10-4)23(27)18-17-22-24(19(6)14-9-3)26(25(22)28)21(11-5)16-13-8-2;1-3-2;4*1-2;/h7-16,22-24,27H,4-6,17-18H2,1-3H3;3H,1H2,2H3;4*1-2H3;1H4/b12-7-,13-8-,14-9-,20-15+,21-16+;;;;;;. The molecule has 40 heavy (non-hydrogen) atoms. The van der Waals surface area contributed by atoms with E-state index in [-0.39, 0.29) is 25.3 Å². The molecular weight excluding hydrogens is 490 g/mol. The van der Waals surface area contributed by atoms with Crippen molar-refractivity contribution in [2.75, 3.05) is 0 Å². The molecule has 0 aromatic carbocycles. The lowest BCUT2D eigenvalue weighted by molar-refractivity contribution is -0.150. The molecule has 1 rings (SSSR count). The zero-order chi connectivity index (χ0) is 31.8. The van der Waals surface area contributed by atoms with Gasteiger partial charge in [0.05, 0.1) is 18.1 Å². The second-order valence-corrected chi connectivity index (χ2v) is 7.05. The van der Waals surface area contributed by atoms with Crippen LogP contribution in [0.25, 0.3) is 0 Å². The number of likely N-dealkylation sites (tertiary alicyclic amines) is 1. The number of carbonyl (C=O) groups excluding carboxylic acids is 1. The van der Waals surface area contributed by atoms with E-state index in [9.17, 15) is 9.90 Å². The van der Waals surface area contributed by atoms with E-state index >= 15 is 0 Å². The summed E-state index contributed by atoms with van der Waals surface area (Å²) in [6.45, 7) is 38.8. The van der Waals surface area contributed by atoms with Crippen LogP contribution in [0.1, 0.15) is 103 Å². The normalized spacial score (nSPS) is 16.4. The molecule has 1 amide bonds. The van der Waals surface area contributed by atoms with Crippen molar-refractivity contribution >= 4 is 5.91 Å². The number of hydrogen-bond donors (Lipinski definition) is 1. The average molecular weight is 558 g/mol. The highest BCUT2D eigenvalue weighted by Gasteiger charge is 2.48. The third-order valence-electron chi connectivity index (χ3n) is 4.77. The number of amides is 1. The minimum absolute atomic E-state index is 0. The van der Waals surface area contributed by atoms with Gasteiger partial charge in [0.15, 0.2) is 0 Å². The Morgan fingerprint density at radius 3 is 1.68 bits per heavy atom. The Morgan fingerprint density at radius 2 is 1.30 bits per heavy atom. The SMILES string of the molecule is C.C=C/C(=C\C=C/C)C(O)CCC1C(=O)N(/C(C=C)=C/C=C\C)C1C(=C)/C=C\C.C=CC.CC.CC.CC.CC. The molecule has 0 radical (unpaired) electrons. The summed E-state index contributed by atoms with van der Waals surface area (Å²) in [6, 6.07) is -0.128. The van der Waals surface area contributed by atoms with Crippen molar-refractivity contribution < 1.29 is 9.90 Å². The van der Waals surface area contributed by atoms with Crippen LogP contribution in [0, 0.1) is 5.92 Å². The van der Waals surface area contributed by atoms with E-state index in [4.69, 9.17) is 0 Å². The monoisotopic (exact) mass is 558 g/mol. The molecular formula is C37H67NO2. The minimum atomic E-state index is -0.649. The molecule has 1 heterocycles. The summed E-state index contributed by atoms with van der Waals surface area (Å²) in [5.41, 5.74) is 2.39. The summed E-state index contributed by atoms with van der Waals surface area (Å²) in [4.78, 5) is 14.6. The van der Waals surface area contributed by atoms with Crippen LogP contribution in [-0.4, -0.2) is 28.1 Å². The van der Waals surface area contributed by atoms with Gasteiger partial charge in [-0.1, -0.05) is 137 Å². The lowest BCUT2D eigenvalue weighted by Crippen LogP contribution is -2.60. The Bertz CT molecular complexity index is 778. The largest absolute Gasteiger partial charge is 0.388 e. The summed E-state index contributed by atoms with van der Waals surface area (Å²) in [5, 5.41) is 10.5. The predicted octanol–water partition coefficient (Wildman–Crippen LogP) is 11.4. The maximum absolute atomic E-state index is 12.9. The Balaban J connectivity index is -0.000000212. The number of hydrogen-bond acceptors (Lipinski definition) is 2. The van der Waals surface area contributed by atoms with Crippen LogP contribution < -0.4 is 0 Å². The van der Waals surface area contributed by atoms with E-state index in [2.05, 4.69) is 26.3 Å². The van der Waals surface area contributed by atoms with Gasteiger partial charge in [-0.05, 0) is 63.8 Å². The van der Waals surface area contributed by atoms with Gasteiger partial charge in [-0.3, -0.25) is 4.79 Å². The lowest BCUT2D eigenvalue weighted by Gasteiger charge is -2.48. The molecule has 0 spiro atoms. The summed E-state index contributed by atoms with van der Waals surface area (Å²) in [7, 11) is 0. The van der Waals surface area contributed by atoms with Gasteiger partial charge in [0.1, 0.15) is 0 Å². The van der Waals surface area contributed by atoms with Crippen LogP contribution in [0.3, 0.4) is 0 Å². The van der Waals surface area contributed by atoms with Gasteiger partial charge >= 0.3 is 0 Å². The van der Waals surface area contributed by atoms with Crippen LogP contribution in [0.5, 0.6) is 0 Å². The molecule has 232 valence electrons. The van der Waals surface area contributed by atoms with Crippen LogP contribution in [0.4, 0.5) is 0 Å². The second kappa shape index (κ2) is 38.2. The lowest BCUT2D eigenvalue weighted by atomic mass is 9.78. The molecule has 1 saturated heterocycles. The van der Waals surface area contributed by atoms with Gasteiger partial charge < -0.3 is 10.0 Å². The van der Waals surface area contributed by atoms with Gasteiger partial charge in [0, 0.05) is 5.70 Å². The van der Waals surface area contributed by atoms with Gasteiger partial charge in [-0.25, -0.2) is 0 Å². The van der Waals surface area contributed by atoms with Crippen molar-refractivity contribution in [3.8, 4) is 0 Å². The molecule has 3 unspecified atom stereocenters. The van der Waals surface area contributed by atoms with Crippen LogP contribution >= 0.6 is 0 Å². The Labute approximate surface area is 251 Å². The molecule has 1 aliphatic rings. The Hall–Kier alpha value is -2.91. The zero-order valence-corrected chi connectivity index (χ0v) is 27.6. The summed E-state index contributed by atoms with van der Waals surface area (Å²) in [5.74, 6) is -0.170. The maximum atomic E-state index is 12.9. The second-order valence-electron chi connectivity index (χ2n) is 7.05. The van der Waals surface area contributed by atoms with Gasteiger partial charge in [0.2, 0.25) is 5.91 Å². The molecule has 3 heteroatoms. The molecule has 0 aromatic heterocycles. The topological polar surface area (TPSA) is 40.5 Å². The van der Waals surface area contributed by atoms with E-state index in [0.717, 1.165) is 16.8 Å². The molecule has 1 fully saturated rings. The number of aliphatic hydroxyl groups excluding tert-OH is 1. The fourth-order valence-electron chi connectivity index (χ4n) is 3.32. The Kier molecular flexibility index (Phi) is 47.8. The fourth-order valence-corrected chi connectivity index (χ4v) is 3.32. The van der Waals surface area contributed by atoms with Crippen LogP contribution in [0.2, 0.25) is 0 Å². The first-order valence-electron chi connectivity index (χ1n) is 14.7. The quantitative estimate of drug-likeness (QED) is 0.156. The highest BCUT2D eigenvalue weighted by Crippen LogP contribution is 2.39. The first kappa shape index (κ1) is 50.0. The number of aliphatic hydroxyl groups is 1. The third kappa shape index (κ3) is 20.1. The van der Waals surface area contributed by atoms with Crippen molar-refractivity contribution in [2.24, 2.45) is 5.92 Å². The number of rotatable bonds is 11. The molecule has 0 bridgehead atoms. The highest BCUT2D eigenvalue weighted by atomic mass is 16.3.